The molecule has 2 aromatic rings. The Labute approximate surface area is 218 Å². The van der Waals surface area contributed by atoms with Crippen molar-refractivity contribution in [3.8, 4) is 5.75 Å². The standard InChI is InChI=1S/C29H38FN3O2S/c1-35-24-12-13-27-26(19-24)29(25-6-3-2-5-21(25)20-36-27)31-28(34)7-4-14-32-15-17-33(18-16-32)23-10-8-22(30)9-11-23/h8-13,19,21,25,29H,2-7,14-18,20H2,1H3,(H,31,34)/t21-,25+,29+/m0/s1. The summed E-state index contributed by atoms with van der Waals surface area (Å²) >= 11 is 1.95. The van der Waals surface area contributed by atoms with Gasteiger partial charge in [-0.2, -0.15) is 0 Å². The zero-order valence-corrected chi connectivity index (χ0v) is 22.1. The maximum atomic E-state index is 13.2. The van der Waals surface area contributed by atoms with E-state index in [2.05, 4.69) is 27.2 Å². The highest BCUT2D eigenvalue weighted by Gasteiger charge is 2.37. The number of anilines is 1. The Balaban J connectivity index is 1.15. The number of carbonyl (C=O) groups excluding carboxylic acids is 1. The molecule has 7 heteroatoms. The van der Waals surface area contributed by atoms with Crippen LogP contribution in [0.25, 0.3) is 0 Å². The minimum absolute atomic E-state index is 0.0714. The van der Waals surface area contributed by atoms with Crippen LogP contribution in [0, 0.1) is 17.7 Å². The van der Waals surface area contributed by atoms with E-state index in [9.17, 15) is 9.18 Å². The molecule has 0 unspecified atom stereocenters. The van der Waals surface area contributed by atoms with E-state index in [0.717, 1.165) is 56.3 Å². The van der Waals surface area contributed by atoms with E-state index in [1.165, 1.54) is 48.3 Å². The van der Waals surface area contributed by atoms with Gasteiger partial charge in [0, 0.05) is 48.9 Å². The maximum absolute atomic E-state index is 13.2. The smallest absolute Gasteiger partial charge is 0.220 e. The topological polar surface area (TPSA) is 44.8 Å². The molecule has 2 aliphatic heterocycles. The Hall–Kier alpha value is -2.25. The lowest BCUT2D eigenvalue weighted by molar-refractivity contribution is -0.122. The van der Waals surface area contributed by atoms with E-state index in [1.807, 2.05) is 30.0 Å². The van der Waals surface area contributed by atoms with Gasteiger partial charge in [-0.3, -0.25) is 9.69 Å². The third kappa shape index (κ3) is 6.00. The van der Waals surface area contributed by atoms with E-state index in [4.69, 9.17) is 4.74 Å². The van der Waals surface area contributed by atoms with Crippen LogP contribution in [0.4, 0.5) is 10.1 Å². The summed E-state index contributed by atoms with van der Waals surface area (Å²) in [6, 6.07) is 13.2. The first-order chi connectivity index (χ1) is 17.6. The molecule has 0 aromatic heterocycles. The lowest BCUT2D eigenvalue weighted by Crippen LogP contribution is -2.46. The highest BCUT2D eigenvalue weighted by Crippen LogP contribution is 2.47. The SMILES string of the molecule is COc1ccc2c(c1)[C@H](NC(=O)CCCN1CCN(c3ccc(F)cc3)CC1)[C@@H]1CCCC[C@H]1CS2. The van der Waals surface area contributed by atoms with Crippen molar-refractivity contribution in [2.24, 2.45) is 11.8 Å². The van der Waals surface area contributed by atoms with Crippen LogP contribution in [0.1, 0.15) is 50.1 Å². The molecule has 1 saturated carbocycles. The molecule has 2 aromatic carbocycles. The molecular formula is C29H38FN3O2S. The fourth-order valence-electron chi connectivity index (χ4n) is 6.11. The number of thioether (sulfide) groups is 1. The van der Waals surface area contributed by atoms with Crippen molar-refractivity contribution < 1.29 is 13.9 Å². The summed E-state index contributed by atoms with van der Waals surface area (Å²) in [4.78, 5) is 19.2. The van der Waals surface area contributed by atoms with E-state index in [1.54, 1.807) is 7.11 Å². The molecule has 1 saturated heterocycles. The van der Waals surface area contributed by atoms with Crippen LogP contribution in [-0.4, -0.2) is 56.4 Å². The summed E-state index contributed by atoms with van der Waals surface area (Å²) in [5.41, 5.74) is 2.31. The second-order valence-electron chi connectivity index (χ2n) is 10.4. The number of methoxy groups -OCH3 is 1. The number of nitrogens with zero attached hydrogens (tertiary/aromatic N) is 2. The number of carbonyl (C=O) groups is 1. The molecule has 3 atom stereocenters. The van der Waals surface area contributed by atoms with Crippen molar-refractivity contribution >= 4 is 23.4 Å². The van der Waals surface area contributed by atoms with E-state index >= 15 is 0 Å². The zero-order chi connectivity index (χ0) is 24.9. The first-order valence-corrected chi connectivity index (χ1v) is 14.4. The molecule has 2 heterocycles. The molecule has 1 aliphatic carbocycles. The molecule has 0 radical (unpaired) electrons. The number of hydrogen-bond donors (Lipinski definition) is 1. The molecule has 1 N–H and O–H groups in total. The lowest BCUT2D eigenvalue weighted by Gasteiger charge is -2.36. The number of piperazine rings is 1. The number of rotatable bonds is 7. The van der Waals surface area contributed by atoms with E-state index in [0.29, 0.717) is 18.3 Å². The summed E-state index contributed by atoms with van der Waals surface area (Å²) in [6.45, 7) is 4.73. The number of hydrogen-bond acceptors (Lipinski definition) is 5. The van der Waals surface area contributed by atoms with Gasteiger partial charge in [0.2, 0.25) is 5.91 Å². The summed E-state index contributed by atoms with van der Waals surface area (Å²) in [7, 11) is 1.71. The zero-order valence-electron chi connectivity index (χ0n) is 21.3. The Bertz CT molecular complexity index is 1030. The van der Waals surface area contributed by atoms with Crippen LogP contribution in [0.15, 0.2) is 47.4 Å². The average molecular weight is 512 g/mol. The van der Waals surface area contributed by atoms with Crippen LogP contribution >= 0.6 is 11.8 Å². The van der Waals surface area contributed by atoms with Gasteiger partial charge < -0.3 is 15.0 Å². The number of amides is 1. The van der Waals surface area contributed by atoms with Crippen molar-refractivity contribution in [1.82, 2.24) is 10.2 Å². The molecule has 194 valence electrons. The van der Waals surface area contributed by atoms with Gasteiger partial charge in [-0.1, -0.05) is 12.8 Å². The molecular weight excluding hydrogens is 473 g/mol. The van der Waals surface area contributed by atoms with Gasteiger partial charge in [0.25, 0.3) is 0 Å². The van der Waals surface area contributed by atoms with Gasteiger partial charge in [0.15, 0.2) is 0 Å². The average Bonchev–Trinajstić information content (AvgIpc) is 3.06. The van der Waals surface area contributed by atoms with Crippen molar-refractivity contribution in [2.45, 2.75) is 49.5 Å². The van der Waals surface area contributed by atoms with Gasteiger partial charge in [-0.25, -0.2) is 4.39 Å². The van der Waals surface area contributed by atoms with Crippen LogP contribution in [-0.2, 0) is 4.79 Å². The quantitative estimate of drug-likeness (QED) is 0.531. The monoisotopic (exact) mass is 511 g/mol. The Morgan fingerprint density at radius 3 is 2.64 bits per heavy atom. The van der Waals surface area contributed by atoms with Crippen LogP contribution in [0.5, 0.6) is 5.75 Å². The molecule has 1 amide bonds. The Morgan fingerprint density at radius 2 is 1.86 bits per heavy atom. The largest absolute Gasteiger partial charge is 0.497 e. The molecule has 3 aliphatic rings. The number of benzene rings is 2. The summed E-state index contributed by atoms with van der Waals surface area (Å²) < 4.78 is 18.7. The Morgan fingerprint density at radius 1 is 1.08 bits per heavy atom. The van der Waals surface area contributed by atoms with Gasteiger partial charge in [0.05, 0.1) is 13.2 Å². The number of nitrogens with one attached hydrogen (secondary N) is 1. The predicted octanol–water partition coefficient (Wildman–Crippen LogP) is 5.51. The van der Waals surface area contributed by atoms with Crippen LogP contribution in [0.3, 0.4) is 0 Å². The molecule has 0 spiro atoms. The number of halogens is 1. The number of ether oxygens (including phenoxy) is 1. The lowest BCUT2D eigenvalue weighted by atomic mass is 9.74. The molecule has 5 nitrogen and oxygen atoms in total. The minimum atomic E-state index is -0.195. The summed E-state index contributed by atoms with van der Waals surface area (Å²) in [5, 5.41) is 3.47. The Kier molecular flexibility index (Phi) is 8.37. The molecule has 0 bridgehead atoms. The van der Waals surface area contributed by atoms with Crippen LogP contribution in [0.2, 0.25) is 0 Å². The molecule has 2 fully saturated rings. The third-order valence-corrected chi connectivity index (χ3v) is 9.44. The fraction of sp³-hybridized carbons (Fsp3) is 0.552. The van der Waals surface area contributed by atoms with Gasteiger partial charge in [-0.05, 0) is 85.7 Å². The normalized spacial score (nSPS) is 24.4. The van der Waals surface area contributed by atoms with Gasteiger partial charge in [0.1, 0.15) is 11.6 Å². The number of fused-ring (bicyclic) bond motifs is 2. The highest BCUT2D eigenvalue weighted by molar-refractivity contribution is 7.99. The van der Waals surface area contributed by atoms with Crippen LogP contribution < -0.4 is 15.0 Å². The van der Waals surface area contributed by atoms with Gasteiger partial charge >= 0.3 is 0 Å². The van der Waals surface area contributed by atoms with Crippen molar-refractivity contribution in [2.75, 3.05) is 50.5 Å². The minimum Gasteiger partial charge on any atom is -0.497 e. The second kappa shape index (κ2) is 11.9. The first kappa shape index (κ1) is 25.4. The second-order valence-corrected chi connectivity index (χ2v) is 11.4. The summed E-state index contributed by atoms with van der Waals surface area (Å²) in [6.07, 6.45) is 6.42. The van der Waals surface area contributed by atoms with Gasteiger partial charge in [-0.15, -0.1) is 11.8 Å². The van der Waals surface area contributed by atoms with Crippen molar-refractivity contribution in [3.63, 3.8) is 0 Å². The summed E-state index contributed by atoms with van der Waals surface area (Å²) in [5.74, 6) is 3.13. The highest BCUT2D eigenvalue weighted by atomic mass is 32.2. The van der Waals surface area contributed by atoms with E-state index < -0.39 is 0 Å². The maximum Gasteiger partial charge on any atom is 0.220 e. The molecule has 36 heavy (non-hydrogen) atoms. The third-order valence-electron chi connectivity index (χ3n) is 8.16. The van der Waals surface area contributed by atoms with E-state index in [-0.39, 0.29) is 17.8 Å². The van der Waals surface area contributed by atoms with Crippen molar-refractivity contribution in [3.05, 3.63) is 53.8 Å². The fourth-order valence-corrected chi connectivity index (χ4v) is 7.44. The predicted molar refractivity (Wildman–Crippen MR) is 144 cm³/mol. The molecule has 5 rings (SSSR count). The van der Waals surface area contributed by atoms with Crippen molar-refractivity contribution in [1.29, 1.82) is 0 Å². The first-order valence-electron chi connectivity index (χ1n) is 13.4.